The maximum absolute atomic E-state index is 13.4. The van der Waals surface area contributed by atoms with E-state index >= 15 is 0 Å². The predicted molar refractivity (Wildman–Crippen MR) is 95.5 cm³/mol. The lowest BCUT2D eigenvalue weighted by Gasteiger charge is -2.36. The quantitative estimate of drug-likeness (QED) is 0.694. The van der Waals surface area contributed by atoms with Crippen LogP contribution in [0.15, 0.2) is 89.2 Å². The molecule has 2 aromatic carbocycles. The van der Waals surface area contributed by atoms with Gasteiger partial charge in [0, 0.05) is 5.69 Å². The number of allylic oxidation sites excluding steroid dienone is 1. The number of furan rings is 1. The fourth-order valence-electron chi connectivity index (χ4n) is 3.05. The van der Waals surface area contributed by atoms with Crippen molar-refractivity contribution in [2.24, 2.45) is 0 Å². The summed E-state index contributed by atoms with van der Waals surface area (Å²) in [6, 6.07) is 22.7. The molecule has 4 rings (SSSR count). The molecule has 0 spiro atoms. The van der Waals surface area contributed by atoms with Crippen LogP contribution < -0.4 is 4.90 Å². The molecule has 0 saturated heterocycles. The summed E-state index contributed by atoms with van der Waals surface area (Å²) in [5, 5.41) is 0. The fraction of sp³-hybridized carbons (Fsp3) is 0.0952. The van der Waals surface area contributed by atoms with E-state index in [2.05, 4.69) is 0 Å². The van der Waals surface area contributed by atoms with Crippen molar-refractivity contribution < 1.29 is 13.9 Å². The first-order valence-electron chi connectivity index (χ1n) is 8.10. The number of amides is 1. The van der Waals surface area contributed by atoms with Gasteiger partial charge in [0.2, 0.25) is 6.23 Å². The Morgan fingerprint density at radius 3 is 2.20 bits per heavy atom. The minimum atomic E-state index is -0.627. The fourth-order valence-corrected chi connectivity index (χ4v) is 3.05. The summed E-state index contributed by atoms with van der Waals surface area (Å²) < 4.78 is 11.6. The monoisotopic (exact) mass is 331 g/mol. The maximum atomic E-state index is 13.4. The molecule has 2 heterocycles. The molecule has 0 aliphatic carbocycles. The number of hydrogen-bond acceptors (Lipinski definition) is 3. The highest BCUT2D eigenvalue weighted by Gasteiger charge is 2.38. The average Bonchev–Trinajstić information content (AvgIpc) is 3.17. The van der Waals surface area contributed by atoms with Crippen molar-refractivity contribution in [1.29, 1.82) is 0 Å². The van der Waals surface area contributed by atoms with Gasteiger partial charge in [0.1, 0.15) is 5.76 Å². The Hall–Kier alpha value is -3.27. The lowest BCUT2D eigenvalue weighted by Crippen LogP contribution is -2.40. The van der Waals surface area contributed by atoms with Gasteiger partial charge in [-0.3, -0.25) is 9.69 Å². The molecular formula is C21H17NO3. The van der Waals surface area contributed by atoms with Crippen LogP contribution in [0.1, 0.15) is 24.5 Å². The van der Waals surface area contributed by atoms with E-state index in [4.69, 9.17) is 9.15 Å². The van der Waals surface area contributed by atoms with Gasteiger partial charge in [0.15, 0.2) is 5.76 Å². The van der Waals surface area contributed by atoms with E-state index in [-0.39, 0.29) is 5.91 Å². The van der Waals surface area contributed by atoms with Crippen LogP contribution in [0.3, 0.4) is 0 Å². The second-order valence-corrected chi connectivity index (χ2v) is 5.79. The number of anilines is 1. The Balaban J connectivity index is 1.85. The molecule has 0 fully saturated rings. The van der Waals surface area contributed by atoms with Gasteiger partial charge in [-0.05, 0) is 36.8 Å². The molecule has 1 aliphatic rings. The molecule has 4 nitrogen and oxygen atoms in total. The van der Waals surface area contributed by atoms with Crippen LogP contribution in [-0.2, 0) is 9.53 Å². The summed E-state index contributed by atoms with van der Waals surface area (Å²) in [7, 11) is 0. The lowest BCUT2D eigenvalue weighted by atomic mass is 10.0. The third kappa shape index (κ3) is 2.72. The molecule has 4 heteroatoms. The first kappa shape index (κ1) is 15.3. The van der Waals surface area contributed by atoms with Gasteiger partial charge in [-0.2, -0.15) is 0 Å². The SMILES string of the molecule is CC1=C(c2ccccc2)C(=O)N(c2ccccc2)C(c2ccco2)O1. The summed E-state index contributed by atoms with van der Waals surface area (Å²) in [4.78, 5) is 15.0. The summed E-state index contributed by atoms with van der Waals surface area (Å²) in [6.07, 6.45) is 0.954. The van der Waals surface area contributed by atoms with Gasteiger partial charge < -0.3 is 9.15 Å². The Bertz CT molecular complexity index is 899. The normalized spacial score (nSPS) is 17.6. The smallest absolute Gasteiger partial charge is 0.265 e. The van der Waals surface area contributed by atoms with E-state index in [1.807, 2.05) is 73.7 Å². The van der Waals surface area contributed by atoms with Crippen molar-refractivity contribution in [3.05, 3.63) is 96.1 Å². The molecular weight excluding hydrogens is 314 g/mol. The molecule has 0 N–H and O–H groups in total. The Kier molecular flexibility index (Phi) is 3.86. The van der Waals surface area contributed by atoms with Gasteiger partial charge in [-0.25, -0.2) is 0 Å². The van der Waals surface area contributed by atoms with Crippen molar-refractivity contribution in [3.8, 4) is 0 Å². The number of rotatable bonds is 3. The van der Waals surface area contributed by atoms with Crippen LogP contribution in [0.5, 0.6) is 0 Å². The van der Waals surface area contributed by atoms with Crippen LogP contribution in [0, 0.1) is 0 Å². The maximum Gasteiger partial charge on any atom is 0.265 e. The van der Waals surface area contributed by atoms with E-state index in [9.17, 15) is 4.79 Å². The van der Waals surface area contributed by atoms with Gasteiger partial charge in [-0.1, -0.05) is 48.5 Å². The first-order chi connectivity index (χ1) is 12.3. The van der Waals surface area contributed by atoms with Gasteiger partial charge in [0.05, 0.1) is 11.8 Å². The Morgan fingerprint density at radius 1 is 0.880 bits per heavy atom. The zero-order chi connectivity index (χ0) is 17.2. The van der Waals surface area contributed by atoms with E-state index in [1.165, 1.54) is 0 Å². The summed E-state index contributed by atoms with van der Waals surface area (Å²) in [5.74, 6) is 1.07. The molecule has 1 aromatic heterocycles. The number of carbonyl (C=O) groups is 1. The highest BCUT2D eigenvalue weighted by atomic mass is 16.5. The summed E-state index contributed by atoms with van der Waals surface area (Å²) >= 11 is 0. The molecule has 1 unspecified atom stereocenters. The zero-order valence-electron chi connectivity index (χ0n) is 13.8. The van der Waals surface area contributed by atoms with Gasteiger partial charge in [-0.15, -0.1) is 0 Å². The number of ether oxygens (including phenoxy) is 1. The van der Waals surface area contributed by atoms with Crippen molar-refractivity contribution in [3.63, 3.8) is 0 Å². The van der Waals surface area contributed by atoms with Crippen LogP contribution >= 0.6 is 0 Å². The van der Waals surface area contributed by atoms with E-state index in [0.717, 1.165) is 11.3 Å². The van der Waals surface area contributed by atoms with Gasteiger partial charge >= 0.3 is 0 Å². The first-order valence-corrected chi connectivity index (χ1v) is 8.10. The summed E-state index contributed by atoms with van der Waals surface area (Å²) in [6.45, 7) is 1.82. The molecule has 0 radical (unpaired) electrons. The van der Waals surface area contributed by atoms with Crippen LogP contribution in [-0.4, -0.2) is 5.91 Å². The molecule has 25 heavy (non-hydrogen) atoms. The standard InChI is InChI=1S/C21H17NO3/c1-15-19(16-9-4-2-5-10-16)20(23)22(17-11-6-3-7-12-17)21(25-15)18-13-8-14-24-18/h2-14,21H,1H3. The van der Waals surface area contributed by atoms with E-state index < -0.39 is 6.23 Å². The van der Waals surface area contributed by atoms with Crippen LogP contribution in [0.2, 0.25) is 0 Å². The van der Waals surface area contributed by atoms with Crippen molar-refractivity contribution in [2.45, 2.75) is 13.2 Å². The van der Waals surface area contributed by atoms with Crippen LogP contribution in [0.25, 0.3) is 5.57 Å². The van der Waals surface area contributed by atoms with Crippen LogP contribution in [0.4, 0.5) is 5.69 Å². The number of para-hydroxylation sites is 1. The zero-order valence-corrected chi connectivity index (χ0v) is 13.8. The largest absolute Gasteiger partial charge is 0.466 e. The van der Waals surface area contributed by atoms with Crippen molar-refractivity contribution in [1.82, 2.24) is 0 Å². The molecule has 0 bridgehead atoms. The molecule has 1 aliphatic heterocycles. The second kappa shape index (κ2) is 6.32. The Labute approximate surface area is 146 Å². The Morgan fingerprint density at radius 2 is 1.56 bits per heavy atom. The average molecular weight is 331 g/mol. The van der Waals surface area contributed by atoms with Crippen molar-refractivity contribution in [2.75, 3.05) is 4.90 Å². The third-order valence-electron chi connectivity index (χ3n) is 4.19. The minimum absolute atomic E-state index is 0.109. The number of hydrogen-bond donors (Lipinski definition) is 0. The number of benzene rings is 2. The lowest BCUT2D eigenvalue weighted by molar-refractivity contribution is -0.117. The summed E-state index contributed by atoms with van der Waals surface area (Å²) in [5.41, 5.74) is 2.16. The highest BCUT2D eigenvalue weighted by Crippen LogP contribution is 2.39. The number of carbonyl (C=O) groups excluding carboxylic acids is 1. The highest BCUT2D eigenvalue weighted by molar-refractivity contribution is 6.27. The van der Waals surface area contributed by atoms with E-state index in [0.29, 0.717) is 17.1 Å². The third-order valence-corrected chi connectivity index (χ3v) is 4.19. The molecule has 124 valence electrons. The molecule has 1 atom stereocenters. The number of nitrogens with zero attached hydrogens (tertiary/aromatic N) is 1. The molecule has 0 saturated carbocycles. The molecule has 1 amide bonds. The molecule has 3 aromatic rings. The second-order valence-electron chi connectivity index (χ2n) is 5.79. The topological polar surface area (TPSA) is 42.7 Å². The van der Waals surface area contributed by atoms with Crippen molar-refractivity contribution >= 4 is 17.2 Å². The predicted octanol–water partition coefficient (Wildman–Crippen LogP) is 4.77. The van der Waals surface area contributed by atoms with Gasteiger partial charge in [0.25, 0.3) is 5.91 Å². The minimum Gasteiger partial charge on any atom is -0.466 e. The van der Waals surface area contributed by atoms with E-state index in [1.54, 1.807) is 17.2 Å².